The SMILES string of the molecule is CC(C)Oc1ccc(C(N)C2(C)CCCO2)cc1. The minimum absolute atomic E-state index is 0.0758. The van der Waals surface area contributed by atoms with Gasteiger partial charge in [-0.2, -0.15) is 0 Å². The Balaban J connectivity index is 2.09. The van der Waals surface area contributed by atoms with Crippen LogP contribution >= 0.6 is 0 Å². The fraction of sp³-hybridized carbons (Fsp3) is 0.600. The molecule has 2 atom stereocenters. The van der Waals surface area contributed by atoms with Gasteiger partial charge in [0.25, 0.3) is 0 Å². The van der Waals surface area contributed by atoms with Gasteiger partial charge < -0.3 is 15.2 Å². The number of ether oxygens (including phenoxy) is 2. The van der Waals surface area contributed by atoms with Gasteiger partial charge in [0, 0.05) is 6.61 Å². The molecule has 1 aliphatic heterocycles. The number of rotatable bonds is 4. The first-order chi connectivity index (χ1) is 8.51. The fourth-order valence-electron chi connectivity index (χ4n) is 2.42. The zero-order valence-corrected chi connectivity index (χ0v) is 11.5. The van der Waals surface area contributed by atoms with Crippen LogP contribution in [0.2, 0.25) is 0 Å². The lowest BCUT2D eigenvalue weighted by atomic mass is 9.88. The van der Waals surface area contributed by atoms with E-state index in [1.54, 1.807) is 0 Å². The monoisotopic (exact) mass is 249 g/mol. The smallest absolute Gasteiger partial charge is 0.119 e. The van der Waals surface area contributed by atoms with Crippen LogP contribution in [0.1, 0.15) is 45.2 Å². The summed E-state index contributed by atoms with van der Waals surface area (Å²) >= 11 is 0. The second kappa shape index (κ2) is 5.29. The van der Waals surface area contributed by atoms with Crippen LogP contribution in [0, 0.1) is 0 Å². The summed E-state index contributed by atoms with van der Waals surface area (Å²) in [6.07, 6.45) is 2.32. The van der Waals surface area contributed by atoms with Crippen LogP contribution in [0.25, 0.3) is 0 Å². The zero-order valence-electron chi connectivity index (χ0n) is 11.5. The van der Waals surface area contributed by atoms with Gasteiger partial charge in [-0.1, -0.05) is 12.1 Å². The zero-order chi connectivity index (χ0) is 13.2. The lowest BCUT2D eigenvalue weighted by Gasteiger charge is -2.30. The van der Waals surface area contributed by atoms with E-state index in [0.717, 1.165) is 30.8 Å². The minimum Gasteiger partial charge on any atom is -0.491 e. The van der Waals surface area contributed by atoms with Crippen molar-refractivity contribution < 1.29 is 9.47 Å². The Bertz CT molecular complexity index is 380. The molecule has 2 rings (SSSR count). The van der Waals surface area contributed by atoms with E-state index in [4.69, 9.17) is 15.2 Å². The van der Waals surface area contributed by atoms with Crippen molar-refractivity contribution in [1.29, 1.82) is 0 Å². The van der Waals surface area contributed by atoms with Gasteiger partial charge in [-0.15, -0.1) is 0 Å². The van der Waals surface area contributed by atoms with E-state index in [0.29, 0.717) is 0 Å². The lowest BCUT2D eigenvalue weighted by Crippen LogP contribution is -2.37. The number of hydrogen-bond acceptors (Lipinski definition) is 3. The maximum atomic E-state index is 6.32. The van der Waals surface area contributed by atoms with E-state index in [1.165, 1.54) is 0 Å². The van der Waals surface area contributed by atoms with Crippen LogP contribution in [0.15, 0.2) is 24.3 Å². The predicted octanol–water partition coefficient (Wildman–Crippen LogP) is 3.04. The highest BCUT2D eigenvalue weighted by molar-refractivity contribution is 5.30. The summed E-state index contributed by atoms with van der Waals surface area (Å²) in [7, 11) is 0. The molecule has 3 nitrogen and oxygen atoms in total. The maximum Gasteiger partial charge on any atom is 0.119 e. The van der Waals surface area contributed by atoms with Gasteiger partial charge in [0.1, 0.15) is 5.75 Å². The Labute approximate surface area is 109 Å². The lowest BCUT2D eigenvalue weighted by molar-refractivity contribution is -0.00175. The van der Waals surface area contributed by atoms with Gasteiger partial charge in [-0.3, -0.25) is 0 Å². The number of nitrogens with two attached hydrogens (primary N) is 1. The Hall–Kier alpha value is -1.06. The van der Waals surface area contributed by atoms with E-state index in [-0.39, 0.29) is 17.7 Å². The third kappa shape index (κ3) is 2.85. The van der Waals surface area contributed by atoms with Gasteiger partial charge in [0.15, 0.2) is 0 Å². The molecule has 0 saturated carbocycles. The molecule has 18 heavy (non-hydrogen) atoms. The van der Waals surface area contributed by atoms with E-state index in [2.05, 4.69) is 6.92 Å². The van der Waals surface area contributed by atoms with Gasteiger partial charge in [0.2, 0.25) is 0 Å². The van der Waals surface area contributed by atoms with Crippen LogP contribution in [-0.2, 0) is 4.74 Å². The molecule has 1 heterocycles. The molecule has 0 radical (unpaired) electrons. The van der Waals surface area contributed by atoms with E-state index >= 15 is 0 Å². The van der Waals surface area contributed by atoms with Crippen LogP contribution in [0.3, 0.4) is 0 Å². The molecule has 0 aliphatic carbocycles. The van der Waals surface area contributed by atoms with Crippen molar-refractivity contribution in [3.8, 4) is 5.75 Å². The Morgan fingerprint density at radius 3 is 2.44 bits per heavy atom. The molecule has 100 valence electrons. The molecule has 1 aliphatic rings. The summed E-state index contributed by atoms with van der Waals surface area (Å²) in [6.45, 7) is 6.96. The molecule has 1 fully saturated rings. The molecule has 0 amide bonds. The summed E-state index contributed by atoms with van der Waals surface area (Å²) in [4.78, 5) is 0. The molecule has 1 aromatic carbocycles. The first-order valence-electron chi connectivity index (χ1n) is 6.67. The van der Waals surface area contributed by atoms with Gasteiger partial charge in [-0.05, 0) is 51.3 Å². The average Bonchev–Trinajstić information content (AvgIpc) is 2.77. The van der Waals surface area contributed by atoms with Crippen LogP contribution in [0.4, 0.5) is 0 Å². The van der Waals surface area contributed by atoms with E-state index in [9.17, 15) is 0 Å². The molecule has 2 unspecified atom stereocenters. The largest absolute Gasteiger partial charge is 0.491 e. The third-order valence-electron chi connectivity index (χ3n) is 3.52. The van der Waals surface area contributed by atoms with Crippen molar-refractivity contribution in [2.45, 2.75) is 51.4 Å². The van der Waals surface area contributed by atoms with Crippen molar-refractivity contribution in [2.24, 2.45) is 5.73 Å². The number of hydrogen-bond donors (Lipinski definition) is 1. The van der Waals surface area contributed by atoms with E-state index < -0.39 is 0 Å². The van der Waals surface area contributed by atoms with Gasteiger partial charge in [-0.25, -0.2) is 0 Å². The normalized spacial score (nSPS) is 25.4. The first-order valence-corrected chi connectivity index (χ1v) is 6.67. The van der Waals surface area contributed by atoms with Crippen LogP contribution < -0.4 is 10.5 Å². The Kier molecular flexibility index (Phi) is 3.93. The molecule has 1 saturated heterocycles. The summed E-state index contributed by atoms with van der Waals surface area (Å²) in [5, 5.41) is 0. The first kappa shape index (κ1) is 13.4. The molecular weight excluding hydrogens is 226 g/mol. The maximum absolute atomic E-state index is 6.32. The molecule has 2 N–H and O–H groups in total. The number of benzene rings is 1. The molecule has 1 aromatic rings. The molecule has 0 aromatic heterocycles. The van der Waals surface area contributed by atoms with Crippen molar-refractivity contribution in [1.82, 2.24) is 0 Å². The Morgan fingerprint density at radius 2 is 1.94 bits per heavy atom. The second-order valence-electron chi connectivity index (χ2n) is 5.48. The summed E-state index contributed by atoms with van der Waals surface area (Å²) in [6, 6.07) is 7.96. The van der Waals surface area contributed by atoms with Crippen LogP contribution in [0.5, 0.6) is 5.75 Å². The predicted molar refractivity (Wildman–Crippen MR) is 72.7 cm³/mol. The summed E-state index contributed by atoms with van der Waals surface area (Å²) in [5.74, 6) is 0.887. The summed E-state index contributed by atoms with van der Waals surface area (Å²) < 4.78 is 11.4. The van der Waals surface area contributed by atoms with Crippen molar-refractivity contribution >= 4 is 0 Å². The van der Waals surface area contributed by atoms with Gasteiger partial charge in [0.05, 0.1) is 17.7 Å². The molecule has 0 spiro atoms. The highest BCUT2D eigenvalue weighted by Gasteiger charge is 2.36. The molecular formula is C15H23NO2. The minimum atomic E-state index is -0.222. The van der Waals surface area contributed by atoms with Gasteiger partial charge >= 0.3 is 0 Å². The second-order valence-corrected chi connectivity index (χ2v) is 5.48. The van der Waals surface area contributed by atoms with Crippen LogP contribution in [-0.4, -0.2) is 18.3 Å². The van der Waals surface area contributed by atoms with E-state index in [1.807, 2.05) is 38.1 Å². The molecule has 3 heteroatoms. The quantitative estimate of drug-likeness (QED) is 0.892. The van der Waals surface area contributed by atoms with Crippen molar-refractivity contribution in [3.05, 3.63) is 29.8 Å². The Morgan fingerprint density at radius 1 is 1.28 bits per heavy atom. The molecule has 0 bridgehead atoms. The van der Waals surface area contributed by atoms with Crippen molar-refractivity contribution in [2.75, 3.05) is 6.61 Å². The highest BCUT2D eigenvalue weighted by atomic mass is 16.5. The standard InChI is InChI=1S/C15H23NO2/c1-11(2)18-13-7-5-12(6-8-13)14(16)15(3)9-4-10-17-15/h5-8,11,14H,4,9-10,16H2,1-3H3. The van der Waals surface area contributed by atoms with Crippen molar-refractivity contribution in [3.63, 3.8) is 0 Å². The average molecular weight is 249 g/mol. The topological polar surface area (TPSA) is 44.5 Å². The fourth-order valence-corrected chi connectivity index (χ4v) is 2.42. The summed E-state index contributed by atoms with van der Waals surface area (Å²) in [5.41, 5.74) is 7.21. The highest BCUT2D eigenvalue weighted by Crippen LogP contribution is 2.36. The third-order valence-corrected chi connectivity index (χ3v) is 3.52.